The van der Waals surface area contributed by atoms with E-state index >= 15 is 0 Å². The van der Waals surface area contributed by atoms with Crippen molar-refractivity contribution in [2.24, 2.45) is 5.92 Å². The molecule has 1 saturated heterocycles. The Labute approximate surface area is 118 Å². The Kier molecular flexibility index (Phi) is 4.46. The minimum absolute atomic E-state index is 0.0302. The Hall–Kier alpha value is -0.990. The normalized spacial score (nSPS) is 24.6. The predicted octanol–water partition coefficient (Wildman–Crippen LogP) is 0.632. The van der Waals surface area contributed by atoms with Crippen LogP contribution in [0.15, 0.2) is 17.6 Å². The first-order valence-electron chi connectivity index (χ1n) is 6.63. The smallest absolute Gasteiger partial charge is 0.262 e. The fraction of sp³-hybridized carbons (Fsp3) is 0.750. The Balaban J connectivity index is 2.23. The number of sulfonamides is 1. The van der Waals surface area contributed by atoms with Gasteiger partial charge in [0.2, 0.25) is 0 Å². The second-order valence-electron chi connectivity index (χ2n) is 5.55. The zero-order valence-electron chi connectivity index (χ0n) is 11.6. The van der Waals surface area contributed by atoms with Crippen molar-refractivity contribution in [3.63, 3.8) is 0 Å². The van der Waals surface area contributed by atoms with Crippen molar-refractivity contribution < 1.29 is 17.9 Å². The molecule has 1 aromatic heterocycles. The third-order valence-corrected chi connectivity index (χ3v) is 5.09. The van der Waals surface area contributed by atoms with Crippen LogP contribution in [0.1, 0.15) is 20.3 Å². The highest BCUT2D eigenvalue weighted by atomic mass is 32.2. The van der Waals surface area contributed by atoms with E-state index in [1.54, 1.807) is 4.57 Å². The first kappa shape index (κ1) is 15.4. The molecule has 1 aromatic rings. The van der Waals surface area contributed by atoms with Crippen LogP contribution < -0.4 is 0 Å². The number of rotatable bonds is 5. The van der Waals surface area contributed by atoms with Crippen molar-refractivity contribution in [1.82, 2.24) is 13.9 Å². The highest BCUT2D eigenvalue weighted by Gasteiger charge is 2.41. The molecule has 1 fully saturated rings. The van der Waals surface area contributed by atoms with Crippen molar-refractivity contribution in [3.8, 4) is 0 Å². The minimum Gasteiger partial charge on any atom is -0.395 e. The van der Waals surface area contributed by atoms with Gasteiger partial charge in [0.05, 0.1) is 19.0 Å². The first-order chi connectivity index (χ1) is 9.34. The van der Waals surface area contributed by atoms with Crippen LogP contribution in [0.3, 0.4) is 0 Å². The van der Waals surface area contributed by atoms with Crippen molar-refractivity contribution in [2.75, 3.05) is 13.2 Å². The van der Waals surface area contributed by atoms with Gasteiger partial charge in [0.15, 0.2) is 5.03 Å². The maximum Gasteiger partial charge on any atom is 0.262 e. The first-order valence-corrected chi connectivity index (χ1v) is 8.07. The summed E-state index contributed by atoms with van der Waals surface area (Å²) in [5.74, 6) is 0.368. The SMILES string of the molecule is CC(C)Cn1cnc(S(=O)(=O)N2C[C@@H](F)C[C@H]2CO)c1. The van der Waals surface area contributed by atoms with E-state index in [0.29, 0.717) is 12.5 Å². The van der Waals surface area contributed by atoms with Gasteiger partial charge in [0, 0.05) is 19.3 Å². The van der Waals surface area contributed by atoms with Crippen molar-refractivity contribution in [1.29, 1.82) is 0 Å². The summed E-state index contributed by atoms with van der Waals surface area (Å²) < 4.78 is 40.9. The second kappa shape index (κ2) is 5.79. The number of hydrogen-bond acceptors (Lipinski definition) is 4. The molecule has 0 aromatic carbocycles. The van der Waals surface area contributed by atoms with E-state index < -0.39 is 22.2 Å². The van der Waals surface area contributed by atoms with Crippen LogP contribution in [-0.2, 0) is 16.6 Å². The molecule has 8 heteroatoms. The van der Waals surface area contributed by atoms with Crippen molar-refractivity contribution in [2.45, 2.75) is 44.1 Å². The molecule has 0 unspecified atom stereocenters. The lowest BCUT2D eigenvalue weighted by molar-refractivity contribution is 0.212. The highest BCUT2D eigenvalue weighted by molar-refractivity contribution is 7.89. The molecule has 2 rings (SSSR count). The van der Waals surface area contributed by atoms with Gasteiger partial charge in [-0.2, -0.15) is 4.31 Å². The molecule has 114 valence electrons. The summed E-state index contributed by atoms with van der Waals surface area (Å²) in [4.78, 5) is 3.91. The Morgan fingerprint density at radius 2 is 2.25 bits per heavy atom. The number of aliphatic hydroxyl groups is 1. The quantitative estimate of drug-likeness (QED) is 0.866. The van der Waals surface area contributed by atoms with Crippen LogP contribution in [0, 0.1) is 5.92 Å². The molecule has 0 amide bonds. The zero-order chi connectivity index (χ0) is 14.9. The summed E-state index contributed by atoms with van der Waals surface area (Å²) >= 11 is 0. The molecule has 0 aliphatic carbocycles. The lowest BCUT2D eigenvalue weighted by Crippen LogP contribution is -2.38. The van der Waals surface area contributed by atoms with Gasteiger partial charge in [-0.05, 0) is 12.3 Å². The van der Waals surface area contributed by atoms with E-state index in [1.165, 1.54) is 12.5 Å². The molecule has 0 bridgehead atoms. The fourth-order valence-corrected chi connectivity index (χ4v) is 4.00. The number of halogens is 1. The van der Waals surface area contributed by atoms with Gasteiger partial charge in [-0.15, -0.1) is 0 Å². The van der Waals surface area contributed by atoms with E-state index in [0.717, 1.165) is 4.31 Å². The molecule has 0 saturated carbocycles. The number of aromatic nitrogens is 2. The zero-order valence-corrected chi connectivity index (χ0v) is 12.4. The van der Waals surface area contributed by atoms with Crippen molar-refractivity contribution >= 4 is 10.0 Å². The maximum atomic E-state index is 13.4. The van der Waals surface area contributed by atoms with E-state index in [9.17, 15) is 17.9 Å². The second-order valence-corrected chi connectivity index (χ2v) is 7.38. The number of alkyl halides is 1. The van der Waals surface area contributed by atoms with E-state index in [2.05, 4.69) is 4.98 Å². The topological polar surface area (TPSA) is 75.4 Å². The van der Waals surface area contributed by atoms with Crippen LogP contribution in [0.4, 0.5) is 4.39 Å². The predicted molar refractivity (Wildman–Crippen MR) is 71.3 cm³/mol. The number of imidazole rings is 1. The molecule has 2 heterocycles. The van der Waals surface area contributed by atoms with Gasteiger partial charge in [0.1, 0.15) is 6.17 Å². The van der Waals surface area contributed by atoms with Crippen LogP contribution in [0.2, 0.25) is 0 Å². The van der Waals surface area contributed by atoms with Crippen LogP contribution in [0.25, 0.3) is 0 Å². The fourth-order valence-electron chi connectivity index (χ4n) is 2.41. The largest absolute Gasteiger partial charge is 0.395 e. The van der Waals surface area contributed by atoms with Gasteiger partial charge < -0.3 is 9.67 Å². The van der Waals surface area contributed by atoms with E-state index in [4.69, 9.17) is 0 Å². The van der Waals surface area contributed by atoms with Crippen LogP contribution >= 0.6 is 0 Å². The number of hydrogen-bond donors (Lipinski definition) is 1. The monoisotopic (exact) mass is 305 g/mol. The third-order valence-electron chi connectivity index (χ3n) is 3.28. The van der Waals surface area contributed by atoms with Gasteiger partial charge in [-0.1, -0.05) is 13.8 Å². The van der Waals surface area contributed by atoms with Crippen LogP contribution in [-0.4, -0.2) is 52.7 Å². The Bertz CT molecular complexity index is 558. The molecule has 20 heavy (non-hydrogen) atoms. The Morgan fingerprint density at radius 1 is 1.55 bits per heavy atom. The van der Waals surface area contributed by atoms with E-state index in [1.807, 2.05) is 13.8 Å². The summed E-state index contributed by atoms with van der Waals surface area (Å²) in [7, 11) is -3.85. The lowest BCUT2D eigenvalue weighted by Gasteiger charge is -2.20. The van der Waals surface area contributed by atoms with Gasteiger partial charge >= 0.3 is 0 Å². The average Bonchev–Trinajstić information content (AvgIpc) is 2.95. The summed E-state index contributed by atoms with van der Waals surface area (Å²) in [5.41, 5.74) is 0. The van der Waals surface area contributed by atoms with Crippen LogP contribution in [0.5, 0.6) is 0 Å². The molecule has 1 N–H and O–H groups in total. The molecule has 1 aliphatic heterocycles. The molecule has 6 nitrogen and oxygen atoms in total. The maximum absolute atomic E-state index is 13.4. The average molecular weight is 305 g/mol. The summed E-state index contributed by atoms with van der Waals surface area (Å²) in [6.45, 7) is 4.10. The number of nitrogens with zero attached hydrogens (tertiary/aromatic N) is 3. The van der Waals surface area contributed by atoms with Gasteiger partial charge in [-0.25, -0.2) is 17.8 Å². The molecule has 0 spiro atoms. The summed E-state index contributed by atoms with van der Waals surface area (Å²) in [5, 5.41) is 9.10. The van der Waals surface area contributed by atoms with Gasteiger partial charge in [0.25, 0.3) is 10.0 Å². The standard InChI is InChI=1S/C12H20FN3O3S/c1-9(2)4-15-6-12(14-8-15)20(18,19)16-5-10(13)3-11(16)7-17/h6,8-11,17H,3-5,7H2,1-2H3/t10-,11-/m0/s1. The lowest BCUT2D eigenvalue weighted by atomic mass is 10.2. The third kappa shape index (κ3) is 3.02. The molecule has 1 aliphatic rings. The molecule has 0 radical (unpaired) electrons. The van der Waals surface area contributed by atoms with Gasteiger partial charge in [-0.3, -0.25) is 0 Å². The Morgan fingerprint density at radius 3 is 2.85 bits per heavy atom. The van der Waals surface area contributed by atoms with Crippen molar-refractivity contribution in [3.05, 3.63) is 12.5 Å². The molecule has 2 atom stereocenters. The van der Waals surface area contributed by atoms with E-state index in [-0.39, 0.29) is 24.6 Å². The highest BCUT2D eigenvalue weighted by Crippen LogP contribution is 2.26. The summed E-state index contributed by atoms with van der Waals surface area (Å²) in [6, 6.07) is -0.703. The summed E-state index contributed by atoms with van der Waals surface area (Å²) in [6.07, 6.45) is 1.71. The molecular formula is C12H20FN3O3S. The minimum atomic E-state index is -3.85. The molecular weight excluding hydrogens is 285 g/mol. The number of aliphatic hydroxyl groups excluding tert-OH is 1.